The lowest BCUT2D eigenvalue weighted by atomic mass is 10.2. The summed E-state index contributed by atoms with van der Waals surface area (Å²) in [7, 11) is 0. The lowest BCUT2D eigenvalue weighted by Gasteiger charge is -2.10. The third kappa shape index (κ3) is 5.30. The zero-order valence-electron chi connectivity index (χ0n) is 12.4. The number of benzene rings is 2. The topological polar surface area (TPSA) is 50.4 Å². The molecule has 0 aromatic heterocycles. The fraction of sp³-hybridized carbons (Fsp3) is 0.235. The van der Waals surface area contributed by atoms with Crippen LogP contribution >= 0.6 is 11.6 Å². The standard InChI is InChI=1S/C17H19ClN2O2/c1-2-13-5-3-8-16(11-13)22-10-9-19-17(21)20-15-7-4-6-14(18)12-15/h3-8,11-12H,2,9-10H2,1H3,(H2,19,20,21). The van der Waals surface area contributed by atoms with Gasteiger partial charge in [-0.1, -0.05) is 36.7 Å². The molecule has 0 atom stereocenters. The van der Waals surface area contributed by atoms with Crippen LogP contribution in [0.1, 0.15) is 12.5 Å². The van der Waals surface area contributed by atoms with E-state index in [4.69, 9.17) is 16.3 Å². The highest BCUT2D eigenvalue weighted by Gasteiger charge is 2.02. The Labute approximate surface area is 135 Å². The summed E-state index contributed by atoms with van der Waals surface area (Å²) in [6.45, 7) is 2.93. The van der Waals surface area contributed by atoms with E-state index in [0.717, 1.165) is 12.2 Å². The molecule has 0 bridgehead atoms. The summed E-state index contributed by atoms with van der Waals surface area (Å²) in [5.74, 6) is 0.816. The van der Waals surface area contributed by atoms with Gasteiger partial charge < -0.3 is 15.4 Å². The number of aryl methyl sites for hydroxylation is 1. The predicted octanol–water partition coefficient (Wildman–Crippen LogP) is 4.10. The first kappa shape index (κ1) is 16.2. The van der Waals surface area contributed by atoms with Gasteiger partial charge in [-0.05, 0) is 42.3 Å². The molecule has 0 heterocycles. The van der Waals surface area contributed by atoms with Gasteiger partial charge in [0, 0.05) is 10.7 Å². The minimum atomic E-state index is -0.284. The van der Waals surface area contributed by atoms with Gasteiger partial charge in [0.15, 0.2) is 0 Å². The molecule has 5 heteroatoms. The number of rotatable bonds is 6. The van der Waals surface area contributed by atoms with Crippen molar-refractivity contribution in [2.45, 2.75) is 13.3 Å². The Morgan fingerprint density at radius 3 is 2.77 bits per heavy atom. The number of halogens is 1. The van der Waals surface area contributed by atoms with Crippen LogP contribution in [0.4, 0.5) is 10.5 Å². The lowest BCUT2D eigenvalue weighted by molar-refractivity contribution is 0.247. The van der Waals surface area contributed by atoms with Crippen LogP contribution in [0.2, 0.25) is 5.02 Å². The van der Waals surface area contributed by atoms with E-state index in [1.165, 1.54) is 5.56 Å². The maximum absolute atomic E-state index is 11.7. The van der Waals surface area contributed by atoms with Crippen molar-refractivity contribution in [2.24, 2.45) is 0 Å². The van der Waals surface area contributed by atoms with Crippen molar-refractivity contribution in [3.05, 3.63) is 59.1 Å². The molecule has 0 radical (unpaired) electrons. The number of carbonyl (C=O) groups excluding carboxylic acids is 1. The molecule has 0 unspecified atom stereocenters. The van der Waals surface area contributed by atoms with Gasteiger partial charge in [-0.25, -0.2) is 4.79 Å². The molecule has 0 spiro atoms. The number of ether oxygens (including phenoxy) is 1. The molecular formula is C17H19ClN2O2. The van der Waals surface area contributed by atoms with Crippen LogP contribution in [0.5, 0.6) is 5.75 Å². The van der Waals surface area contributed by atoms with Crippen molar-refractivity contribution >= 4 is 23.3 Å². The number of nitrogens with one attached hydrogen (secondary N) is 2. The molecule has 2 N–H and O–H groups in total. The number of carbonyl (C=O) groups is 1. The molecule has 0 saturated heterocycles. The smallest absolute Gasteiger partial charge is 0.319 e. The van der Waals surface area contributed by atoms with Crippen molar-refractivity contribution in [2.75, 3.05) is 18.5 Å². The number of hydrogen-bond donors (Lipinski definition) is 2. The van der Waals surface area contributed by atoms with Crippen LogP contribution in [0.3, 0.4) is 0 Å². The van der Waals surface area contributed by atoms with E-state index in [2.05, 4.69) is 23.6 Å². The first-order chi connectivity index (χ1) is 10.7. The molecule has 2 rings (SSSR count). The molecule has 2 aromatic rings. The van der Waals surface area contributed by atoms with Crippen molar-refractivity contribution in [1.29, 1.82) is 0 Å². The third-order valence-corrected chi connectivity index (χ3v) is 3.28. The van der Waals surface area contributed by atoms with E-state index < -0.39 is 0 Å². The molecule has 4 nitrogen and oxygen atoms in total. The maximum atomic E-state index is 11.7. The van der Waals surface area contributed by atoms with E-state index in [1.54, 1.807) is 24.3 Å². The Morgan fingerprint density at radius 2 is 2.00 bits per heavy atom. The first-order valence-electron chi connectivity index (χ1n) is 7.19. The quantitative estimate of drug-likeness (QED) is 0.788. The summed E-state index contributed by atoms with van der Waals surface area (Å²) in [6.07, 6.45) is 0.970. The molecule has 22 heavy (non-hydrogen) atoms. The third-order valence-electron chi connectivity index (χ3n) is 3.05. The monoisotopic (exact) mass is 318 g/mol. The molecule has 0 fully saturated rings. The zero-order valence-corrected chi connectivity index (χ0v) is 13.2. The second-order valence-electron chi connectivity index (χ2n) is 4.74. The van der Waals surface area contributed by atoms with E-state index in [0.29, 0.717) is 23.9 Å². The highest BCUT2D eigenvalue weighted by molar-refractivity contribution is 6.30. The van der Waals surface area contributed by atoms with Crippen molar-refractivity contribution < 1.29 is 9.53 Å². The molecule has 116 valence electrons. The number of anilines is 1. The number of hydrogen-bond acceptors (Lipinski definition) is 2. The van der Waals surface area contributed by atoms with Gasteiger partial charge in [0.05, 0.1) is 6.54 Å². The summed E-state index contributed by atoms with van der Waals surface area (Å²) in [5.41, 5.74) is 1.88. The minimum absolute atomic E-state index is 0.284. The molecule has 0 saturated carbocycles. The molecule has 2 aromatic carbocycles. The van der Waals surface area contributed by atoms with E-state index >= 15 is 0 Å². The van der Waals surface area contributed by atoms with Gasteiger partial charge in [-0.2, -0.15) is 0 Å². The van der Waals surface area contributed by atoms with Gasteiger partial charge in [0.25, 0.3) is 0 Å². The van der Waals surface area contributed by atoms with Crippen LogP contribution in [0.15, 0.2) is 48.5 Å². The minimum Gasteiger partial charge on any atom is -0.492 e. The normalized spacial score (nSPS) is 10.1. The van der Waals surface area contributed by atoms with Gasteiger partial charge in [-0.3, -0.25) is 0 Å². The van der Waals surface area contributed by atoms with Crippen LogP contribution in [-0.2, 0) is 6.42 Å². The predicted molar refractivity (Wildman–Crippen MR) is 89.8 cm³/mol. The van der Waals surface area contributed by atoms with Gasteiger partial charge >= 0.3 is 6.03 Å². The molecule has 0 aliphatic rings. The average molecular weight is 319 g/mol. The Kier molecular flexibility index (Phi) is 6.10. The molecule has 0 aliphatic heterocycles. The Morgan fingerprint density at radius 1 is 1.18 bits per heavy atom. The van der Waals surface area contributed by atoms with Crippen molar-refractivity contribution in [3.63, 3.8) is 0 Å². The van der Waals surface area contributed by atoms with E-state index in [-0.39, 0.29) is 6.03 Å². The Hall–Kier alpha value is -2.20. The average Bonchev–Trinajstić information content (AvgIpc) is 2.52. The second-order valence-corrected chi connectivity index (χ2v) is 5.18. The van der Waals surface area contributed by atoms with Crippen molar-refractivity contribution in [1.82, 2.24) is 5.32 Å². The van der Waals surface area contributed by atoms with Crippen LogP contribution in [0.25, 0.3) is 0 Å². The maximum Gasteiger partial charge on any atom is 0.319 e. The first-order valence-corrected chi connectivity index (χ1v) is 7.57. The summed E-state index contributed by atoms with van der Waals surface area (Å²) in [4.78, 5) is 11.7. The lowest BCUT2D eigenvalue weighted by Crippen LogP contribution is -2.32. The van der Waals surface area contributed by atoms with E-state index in [9.17, 15) is 4.79 Å². The van der Waals surface area contributed by atoms with Gasteiger partial charge in [0.1, 0.15) is 12.4 Å². The van der Waals surface area contributed by atoms with Gasteiger partial charge in [0.2, 0.25) is 0 Å². The number of urea groups is 1. The van der Waals surface area contributed by atoms with Crippen LogP contribution < -0.4 is 15.4 Å². The highest BCUT2D eigenvalue weighted by Crippen LogP contribution is 2.15. The summed E-state index contributed by atoms with van der Waals surface area (Å²) >= 11 is 5.86. The summed E-state index contributed by atoms with van der Waals surface area (Å²) in [6, 6.07) is 14.7. The Bertz CT molecular complexity index is 632. The largest absolute Gasteiger partial charge is 0.492 e. The van der Waals surface area contributed by atoms with Crippen LogP contribution in [0, 0.1) is 0 Å². The van der Waals surface area contributed by atoms with E-state index in [1.807, 2.05) is 18.2 Å². The molecular weight excluding hydrogens is 300 g/mol. The zero-order chi connectivity index (χ0) is 15.8. The van der Waals surface area contributed by atoms with Gasteiger partial charge in [-0.15, -0.1) is 0 Å². The SMILES string of the molecule is CCc1cccc(OCCNC(=O)Nc2cccc(Cl)c2)c1. The van der Waals surface area contributed by atoms with Crippen LogP contribution in [-0.4, -0.2) is 19.2 Å². The fourth-order valence-electron chi connectivity index (χ4n) is 1.93. The second kappa shape index (κ2) is 8.29. The fourth-order valence-corrected chi connectivity index (χ4v) is 2.12. The van der Waals surface area contributed by atoms with Crippen molar-refractivity contribution in [3.8, 4) is 5.75 Å². The Balaban J connectivity index is 1.70. The number of amides is 2. The summed E-state index contributed by atoms with van der Waals surface area (Å²) in [5, 5.41) is 6.02. The molecule has 0 aliphatic carbocycles. The molecule has 2 amide bonds. The summed E-state index contributed by atoms with van der Waals surface area (Å²) < 4.78 is 5.60. The highest BCUT2D eigenvalue weighted by atomic mass is 35.5.